The molecular formula is C25H25FN4O2. The molecule has 0 saturated heterocycles. The summed E-state index contributed by atoms with van der Waals surface area (Å²) >= 11 is 0. The second-order valence-electron chi connectivity index (χ2n) is 7.71. The number of para-hydroxylation sites is 3. The highest BCUT2D eigenvalue weighted by molar-refractivity contribution is 6.01. The number of hydrogen-bond donors (Lipinski definition) is 3. The Labute approximate surface area is 186 Å². The summed E-state index contributed by atoms with van der Waals surface area (Å²) in [5.74, 6) is -0.668. The molecular weight excluding hydrogens is 407 g/mol. The molecule has 1 unspecified atom stereocenters. The number of hydrogen-bond acceptors (Lipinski definition) is 4. The zero-order valence-electron chi connectivity index (χ0n) is 17.6. The summed E-state index contributed by atoms with van der Waals surface area (Å²) in [6, 6.07) is 20.8. The van der Waals surface area contributed by atoms with E-state index in [0.29, 0.717) is 54.0 Å². The van der Waals surface area contributed by atoms with E-state index in [0.717, 1.165) is 0 Å². The van der Waals surface area contributed by atoms with Crippen LogP contribution >= 0.6 is 0 Å². The fourth-order valence-electron chi connectivity index (χ4n) is 3.86. The van der Waals surface area contributed by atoms with E-state index in [1.807, 2.05) is 18.2 Å². The number of nitrogen functional groups attached to an aromatic ring is 1. The molecule has 0 fully saturated rings. The predicted octanol–water partition coefficient (Wildman–Crippen LogP) is 4.78. The van der Waals surface area contributed by atoms with Crippen LogP contribution in [0.2, 0.25) is 0 Å². The quantitative estimate of drug-likeness (QED) is 0.370. The van der Waals surface area contributed by atoms with Crippen LogP contribution in [-0.4, -0.2) is 23.3 Å². The summed E-state index contributed by atoms with van der Waals surface area (Å²) in [4.78, 5) is 27.1. The van der Waals surface area contributed by atoms with Gasteiger partial charge in [0.05, 0.1) is 16.9 Å². The van der Waals surface area contributed by atoms with Gasteiger partial charge < -0.3 is 21.3 Å². The van der Waals surface area contributed by atoms with Gasteiger partial charge in [-0.1, -0.05) is 42.5 Å². The number of carbonyl (C=O) groups is 2. The van der Waals surface area contributed by atoms with Gasteiger partial charge in [0, 0.05) is 24.2 Å². The number of halogens is 1. The van der Waals surface area contributed by atoms with Crippen LogP contribution in [0.3, 0.4) is 0 Å². The zero-order chi connectivity index (χ0) is 22.5. The average Bonchev–Trinajstić information content (AvgIpc) is 2.80. The van der Waals surface area contributed by atoms with Gasteiger partial charge in [0.25, 0.3) is 5.91 Å². The summed E-state index contributed by atoms with van der Waals surface area (Å²) in [7, 11) is 0. The van der Waals surface area contributed by atoms with Crippen molar-refractivity contribution < 1.29 is 14.0 Å². The van der Waals surface area contributed by atoms with Crippen molar-refractivity contribution in [2.24, 2.45) is 0 Å². The Kier molecular flexibility index (Phi) is 6.35. The van der Waals surface area contributed by atoms with E-state index in [2.05, 4.69) is 10.6 Å². The van der Waals surface area contributed by atoms with E-state index in [1.54, 1.807) is 53.4 Å². The van der Waals surface area contributed by atoms with Gasteiger partial charge in [-0.25, -0.2) is 4.39 Å². The maximum absolute atomic E-state index is 14.5. The third-order valence-corrected chi connectivity index (χ3v) is 5.51. The van der Waals surface area contributed by atoms with Crippen LogP contribution in [0.15, 0.2) is 72.8 Å². The molecule has 0 saturated carbocycles. The zero-order valence-corrected chi connectivity index (χ0v) is 17.6. The van der Waals surface area contributed by atoms with E-state index in [-0.39, 0.29) is 17.6 Å². The summed E-state index contributed by atoms with van der Waals surface area (Å²) in [6.07, 6.45) is 0.855. The van der Waals surface area contributed by atoms with Gasteiger partial charge in [-0.2, -0.15) is 0 Å². The molecule has 4 rings (SSSR count). The monoisotopic (exact) mass is 432 g/mol. The first-order valence-corrected chi connectivity index (χ1v) is 10.6. The summed E-state index contributed by atoms with van der Waals surface area (Å²) in [5.41, 5.74) is 8.61. The fourth-order valence-corrected chi connectivity index (χ4v) is 3.86. The number of rotatable bonds is 7. The van der Waals surface area contributed by atoms with Crippen LogP contribution < -0.4 is 16.4 Å². The molecule has 3 aromatic rings. The van der Waals surface area contributed by atoms with Gasteiger partial charge in [-0.15, -0.1) is 0 Å². The Morgan fingerprint density at radius 2 is 1.72 bits per heavy atom. The lowest BCUT2D eigenvalue weighted by atomic mass is 10.0. The molecule has 1 heterocycles. The number of nitrogens with one attached hydrogen (secondary N) is 2. The van der Waals surface area contributed by atoms with Gasteiger partial charge in [0.15, 0.2) is 0 Å². The van der Waals surface area contributed by atoms with Crippen LogP contribution in [0.1, 0.15) is 41.3 Å². The van der Waals surface area contributed by atoms with Crippen LogP contribution in [0, 0.1) is 5.82 Å². The molecule has 0 aliphatic carbocycles. The summed E-state index contributed by atoms with van der Waals surface area (Å²) < 4.78 is 14.5. The highest BCUT2D eigenvalue weighted by atomic mass is 19.1. The van der Waals surface area contributed by atoms with Crippen molar-refractivity contribution in [1.29, 1.82) is 0 Å². The molecule has 0 radical (unpaired) electrons. The number of unbranched alkanes of at least 4 members (excludes halogenated alkanes) is 1. The maximum atomic E-state index is 14.5. The van der Waals surface area contributed by atoms with Crippen LogP contribution in [0.25, 0.3) is 0 Å². The van der Waals surface area contributed by atoms with E-state index in [1.165, 1.54) is 6.07 Å². The van der Waals surface area contributed by atoms with Gasteiger partial charge >= 0.3 is 0 Å². The van der Waals surface area contributed by atoms with Crippen molar-refractivity contribution in [2.45, 2.75) is 25.4 Å². The summed E-state index contributed by atoms with van der Waals surface area (Å²) in [6.45, 7) is 0.389. The SMILES string of the molecule is Nc1ccccc1NC(=O)CCCCN1C(=O)c2ccccc2NC1c1ccccc1F. The molecule has 7 heteroatoms. The highest BCUT2D eigenvalue weighted by Gasteiger charge is 2.33. The van der Waals surface area contributed by atoms with E-state index in [9.17, 15) is 14.0 Å². The molecule has 1 aliphatic heterocycles. The van der Waals surface area contributed by atoms with Gasteiger partial charge in [0.2, 0.25) is 5.91 Å². The second-order valence-corrected chi connectivity index (χ2v) is 7.71. The largest absolute Gasteiger partial charge is 0.397 e. The molecule has 164 valence electrons. The van der Waals surface area contributed by atoms with Crippen molar-refractivity contribution in [3.05, 3.63) is 89.7 Å². The van der Waals surface area contributed by atoms with Crippen molar-refractivity contribution in [2.75, 3.05) is 22.9 Å². The second kappa shape index (κ2) is 9.51. The van der Waals surface area contributed by atoms with E-state index >= 15 is 0 Å². The molecule has 4 N–H and O–H groups in total. The third kappa shape index (κ3) is 4.56. The van der Waals surface area contributed by atoms with Gasteiger partial charge in [0.1, 0.15) is 12.0 Å². The first-order chi connectivity index (χ1) is 15.5. The number of anilines is 3. The van der Waals surface area contributed by atoms with Crippen molar-refractivity contribution >= 4 is 28.9 Å². The molecule has 1 aliphatic rings. The normalized spacial score (nSPS) is 15.1. The predicted molar refractivity (Wildman–Crippen MR) is 124 cm³/mol. The number of benzene rings is 3. The van der Waals surface area contributed by atoms with Crippen molar-refractivity contribution in [3.8, 4) is 0 Å². The first kappa shape index (κ1) is 21.4. The first-order valence-electron chi connectivity index (χ1n) is 10.6. The molecule has 1 atom stereocenters. The molecule has 2 amide bonds. The average molecular weight is 432 g/mol. The number of carbonyl (C=O) groups excluding carboxylic acids is 2. The minimum absolute atomic E-state index is 0.137. The fraction of sp³-hybridized carbons (Fsp3) is 0.200. The molecule has 0 bridgehead atoms. The number of amides is 2. The molecule has 3 aromatic carbocycles. The number of fused-ring (bicyclic) bond motifs is 1. The highest BCUT2D eigenvalue weighted by Crippen LogP contribution is 2.34. The lowest BCUT2D eigenvalue weighted by Gasteiger charge is -2.38. The van der Waals surface area contributed by atoms with Crippen LogP contribution in [-0.2, 0) is 4.79 Å². The Balaban J connectivity index is 1.42. The van der Waals surface area contributed by atoms with E-state index < -0.39 is 6.17 Å². The maximum Gasteiger partial charge on any atom is 0.257 e. The van der Waals surface area contributed by atoms with Gasteiger partial charge in [-0.3, -0.25) is 9.59 Å². The molecule has 0 spiro atoms. The Hall–Kier alpha value is -3.87. The minimum Gasteiger partial charge on any atom is -0.397 e. The molecule has 0 aromatic heterocycles. The minimum atomic E-state index is -0.614. The van der Waals surface area contributed by atoms with Crippen LogP contribution in [0.4, 0.5) is 21.5 Å². The Morgan fingerprint density at radius 3 is 2.53 bits per heavy atom. The molecule has 32 heavy (non-hydrogen) atoms. The van der Waals surface area contributed by atoms with E-state index in [4.69, 9.17) is 5.73 Å². The third-order valence-electron chi connectivity index (χ3n) is 5.51. The van der Waals surface area contributed by atoms with Crippen molar-refractivity contribution in [3.63, 3.8) is 0 Å². The lowest BCUT2D eigenvalue weighted by Crippen LogP contribution is -2.43. The van der Waals surface area contributed by atoms with Crippen LogP contribution in [0.5, 0.6) is 0 Å². The number of nitrogens with zero attached hydrogens (tertiary/aromatic N) is 1. The topological polar surface area (TPSA) is 87.5 Å². The number of nitrogens with two attached hydrogens (primary N) is 1. The molecule has 6 nitrogen and oxygen atoms in total. The smallest absolute Gasteiger partial charge is 0.257 e. The standard InChI is InChI=1S/C25H25FN4O2/c26-19-11-3-1-9-17(19)24-29-21-13-5-2-10-18(21)25(32)30(24)16-8-7-15-23(31)28-22-14-6-4-12-20(22)27/h1-6,9-14,24,29H,7-8,15-16,27H2,(H,28,31). The summed E-state index contributed by atoms with van der Waals surface area (Å²) in [5, 5.41) is 6.10. The van der Waals surface area contributed by atoms with Gasteiger partial charge in [-0.05, 0) is 43.2 Å². The van der Waals surface area contributed by atoms with Crippen molar-refractivity contribution in [1.82, 2.24) is 4.90 Å². The Bertz CT molecular complexity index is 1130. The lowest BCUT2D eigenvalue weighted by molar-refractivity contribution is -0.116. The Morgan fingerprint density at radius 1 is 1.00 bits per heavy atom.